The first kappa shape index (κ1) is 20.2. The van der Waals surface area contributed by atoms with Gasteiger partial charge in [0.1, 0.15) is 11.9 Å². The van der Waals surface area contributed by atoms with Gasteiger partial charge in [-0.25, -0.2) is 18.7 Å². The lowest BCUT2D eigenvalue weighted by Crippen LogP contribution is -2.30. The van der Waals surface area contributed by atoms with E-state index in [1.165, 1.54) is 18.3 Å². The lowest BCUT2D eigenvalue weighted by Gasteiger charge is -2.35. The first-order valence-corrected chi connectivity index (χ1v) is 9.99. The third-order valence-corrected chi connectivity index (χ3v) is 5.45. The second kappa shape index (κ2) is 7.97. The Morgan fingerprint density at radius 2 is 2.00 bits per heavy atom. The number of pyridine rings is 2. The highest BCUT2D eigenvalue weighted by Gasteiger charge is 2.30. The van der Waals surface area contributed by atoms with E-state index in [1.54, 1.807) is 18.3 Å². The van der Waals surface area contributed by atoms with Gasteiger partial charge >= 0.3 is 0 Å². The molecule has 3 aromatic rings. The van der Waals surface area contributed by atoms with Crippen LogP contribution in [0.25, 0.3) is 10.8 Å². The third-order valence-electron chi connectivity index (χ3n) is 5.45. The topological polar surface area (TPSA) is 64.1 Å². The van der Waals surface area contributed by atoms with Gasteiger partial charge in [0, 0.05) is 18.1 Å². The number of hydrogen-bond donors (Lipinski definition) is 1. The largest absolute Gasteiger partial charge is 0.474 e. The van der Waals surface area contributed by atoms with Crippen LogP contribution in [0.1, 0.15) is 50.0 Å². The maximum atomic E-state index is 15.0. The fourth-order valence-electron chi connectivity index (χ4n) is 4.03. The summed E-state index contributed by atoms with van der Waals surface area (Å²) in [5.41, 5.74) is 0.0345. The van der Waals surface area contributed by atoms with Crippen molar-refractivity contribution in [2.75, 3.05) is 5.32 Å². The number of rotatable bonds is 4. The molecule has 0 aliphatic heterocycles. The van der Waals surface area contributed by atoms with Crippen molar-refractivity contribution in [1.82, 2.24) is 9.97 Å². The van der Waals surface area contributed by atoms with Crippen LogP contribution in [-0.4, -0.2) is 22.0 Å². The van der Waals surface area contributed by atoms with Gasteiger partial charge in [0.05, 0.1) is 5.39 Å². The molecule has 1 N–H and O–H groups in total. The molecule has 0 bridgehead atoms. The molecule has 30 heavy (non-hydrogen) atoms. The number of carbonyl (C=O) groups excluding carboxylic acids is 1. The highest BCUT2D eigenvalue weighted by Crippen LogP contribution is 2.38. The molecular formula is C23H23F2N3O2. The summed E-state index contributed by atoms with van der Waals surface area (Å²) in [6.45, 7) is 4.41. The molecule has 1 saturated carbocycles. The minimum Gasteiger partial charge on any atom is -0.474 e. The van der Waals surface area contributed by atoms with Crippen molar-refractivity contribution in [3.8, 4) is 5.88 Å². The van der Waals surface area contributed by atoms with Crippen LogP contribution in [0.5, 0.6) is 5.88 Å². The van der Waals surface area contributed by atoms with E-state index in [0.717, 1.165) is 31.7 Å². The molecule has 0 saturated heterocycles. The molecular weight excluding hydrogens is 388 g/mol. The van der Waals surface area contributed by atoms with E-state index < -0.39 is 17.5 Å². The number of fused-ring (bicyclic) bond motifs is 1. The molecule has 4 rings (SSSR count). The predicted molar refractivity (Wildman–Crippen MR) is 111 cm³/mol. The summed E-state index contributed by atoms with van der Waals surface area (Å²) < 4.78 is 34.9. The van der Waals surface area contributed by atoms with Crippen LogP contribution in [0.4, 0.5) is 14.5 Å². The van der Waals surface area contributed by atoms with Crippen molar-refractivity contribution in [3.05, 3.63) is 60.1 Å². The Labute approximate surface area is 173 Å². The monoisotopic (exact) mass is 411 g/mol. The zero-order valence-corrected chi connectivity index (χ0v) is 16.9. The quantitative estimate of drug-likeness (QED) is 0.615. The average molecular weight is 411 g/mol. The summed E-state index contributed by atoms with van der Waals surface area (Å²) in [5, 5.41) is 3.30. The van der Waals surface area contributed by atoms with Crippen molar-refractivity contribution in [2.24, 2.45) is 5.41 Å². The van der Waals surface area contributed by atoms with Crippen molar-refractivity contribution in [2.45, 2.75) is 45.6 Å². The molecule has 5 nitrogen and oxygen atoms in total. The summed E-state index contributed by atoms with van der Waals surface area (Å²) in [4.78, 5) is 20.3. The Kier molecular flexibility index (Phi) is 5.37. The Balaban J connectivity index is 1.60. The number of ether oxygens (including phenoxy) is 1. The Morgan fingerprint density at radius 1 is 1.17 bits per heavy atom. The van der Waals surface area contributed by atoms with Crippen LogP contribution in [0.3, 0.4) is 0 Å². The Morgan fingerprint density at radius 3 is 2.77 bits per heavy atom. The third kappa shape index (κ3) is 4.25. The zero-order valence-electron chi connectivity index (χ0n) is 16.9. The standard InChI is InChI=1S/C23H23F2N3O2/c1-23(2)8-3-5-16(13-23)30-22-19-14(7-10-27-22)11-15(12-18(19)25)28-21(29)20-17(24)6-4-9-26-20/h4,6-7,9-12,16H,3,5,8,13H2,1-2H3,(H,28,29). The van der Waals surface area contributed by atoms with E-state index in [4.69, 9.17) is 4.74 Å². The van der Waals surface area contributed by atoms with Gasteiger partial charge in [-0.3, -0.25) is 4.79 Å². The fourth-order valence-corrected chi connectivity index (χ4v) is 4.03. The molecule has 7 heteroatoms. The second-order valence-electron chi connectivity index (χ2n) is 8.46. The molecule has 2 heterocycles. The van der Waals surface area contributed by atoms with E-state index in [-0.39, 0.29) is 34.2 Å². The van der Waals surface area contributed by atoms with Gasteiger partial charge in [-0.1, -0.05) is 13.8 Å². The molecule has 0 spiro atoms. The van der Waals surface area contributed by atoms with Crippen LogP contribution in [0.15, 0.2) is 42.7 Å². The summed E-state index contributed by atoms with van der Waals surface area (Å²) >= 11 is 0. The van der Waals surface area contributed by atoms with Crippen LogP contribution in [-0.2, 0) is 0 Å². The maximum absolute atomic E-state index is 15.0. The van der Waals surface area contributed by atoms with Crippen molar-refractivity contribution in [1.29, 1.82) is 0 Å². The second-order valence-corrected chi connectivity index (χ2v) is 8.46. The van der Waals surface area contributed by atoms with Crippen molar-refractivity contribution in [3.63, 3.8) is 0 Å². The van der Waals surface area contributed by atoms with Gasteiger partial charge in [-0.05, 0) is 66.8 Å². The highest BCUT2D eigenvalue weighted by atomic mass is 19.1. The number of amides is 1. The van der Waals surface area contributed by atoms with E-state index in [0.29, 0.717) is 5.39 Å². The predicted octanol–water partition coefficient (Wildman–Crippen LogP) is 5.51. The number of anilines is 1. The number of nitrogens with zero attached hydrogens (tertiary/aromatic N) is 2. The summed E-state index contributed by atoms with van der Waals surface area (Å²) in [7, 11) is 0. The Hall–Kier alpha value is -3.09. The van der Waals surface area contributed by atoms with E-state index >= 15 is 0 Å². The van der Waals surface area contributed by atoms with Gasteiger partial charge in [-0.15, -0.1) is 0 Å². The van der Waals surface area contributed by atoms with Crippen molar-refractivity contribution < 1.29 is 18.3 Å². The molecule has 1 fully saturated rings. The summed E-state index contributed by atoms with van der Waals surface area (Å²) in [6, 6.07) is 6.97. The average Bonchev–Trinajstić information content (AvgIpc) is 2.67. The molecule has 1 aliphatic carbocycles. The van der Waals surface area contributed by atoms with E-state index in [9.17, 15) is 13.6 Å². The molecule has 1 atom stereocenters. The number of halogens is 2. The SMILES string of the molecule is CC1(C)CCCC(Oc2nccc3cc(NC(=O)c4ncccc4F)cc(F)c23)C1. The highest BCUT2D eigenvalue weighted by molar-refractivity contribution is 6.04. The van der Waals surface area contributed by atoms with Crippen LogP contribution in [0, 0.1) is 17.0 Å². The van der Waals surface area contributed by atoms with Gasteiger partial charge in [-0.2, -0.15) is 0 Å². The molecule has 156 valence electrons. The molecule has 1 amide bonds. The molecule has 1 aromatic carbocycles. The van der Waals surface area contributed by atoms with Gasteiger partial charge < -0.3 is 10.1 Å². The first-order chi connectivity index (χ1) is 14.3. The first-order valence-electron chi connectivity index (χ1n) is 9.99. The van der Waals surface area contributed by atoms with E-state index in [1.807, 2.05) is 0 Å². The van der Waals surface area contributed by atoms with Crippen LogP contribution >= 0.6 is 0 Å². The van der Waals surface area contributed by atoms with Crippen LogP contribution in [0.2, 0.25) is 0 Å². The number of nitrogens with one attached hydrogen (secondary N) is 1. The minimum atomic E-state index is -0.748. The van der Waals surface area contributed by atoms with Gasteiger partial charge in [0.15, 0.2) is 11.5 Å². The zero-order chi connectivity index (χ0) is 21.3. The smallest absolute Gasteiger partial charge is 0.277 e. The van der Waals surface area contributed by atoms with Crippen LogP contribution < -0.4 is 10.1 Å². The number of benzene rings is 1. The fraction of sp³-hybridized carbons (Fsp3) is 0.348. The van der Waals surface area contributed by atoms with Gasteiger partial charge in [0.25, 0.3) is 5.91 Å². The number of hydrogen-bond acceptors (Lipinski definition) is 4. The molecule has 1 aliphatic rings. The molecule has 0 radical (unpaired) electrons. The van der Waals surface area contributed by atoms with E-state index in [2.05, 4.69) is 29.1 Å². The summed E-state index contributed by atoms with van der Waals surface area (Å²) in [6.07, 6.45) is 6.85. The van der Waals surface area contributed by atoms with Gasteiger partial charge in [0.2, 0.25) is 5.88 Å². The lowest BCUT2D eigenvalue weighted by atomic mass is 9.76. The maximum Gasteiger partial charge on any atom is 0.277 e. The molecule has 2 aromatic heterocycles. The lowest BCUT2D eigenvalue weighted by molar-refractivity contribution is 0.0826. The number of aromatic nitrogens is 2. The van der Waals surface area contributed by atoms with Crippen molar-refractivity contribution >= 4 is 22.4 Å². The Bertz CT molecular complexity index is 1100. The number of carbonyl (C=O) groups is 1. The normalized spacial score (nSPS) is 18.2. The minimum absolute atomic E-state index is 0.0160. The summed E-state index contributed by atoms with van der Waals surface area (Å²) in [5.74, 6) is -1.81. The molecule has 1 unspecified atom stereocenters.